The fourth-order valence-corrected chi connectivity index (χ4v) is 2.37. The summed E-state index contributed by atoms with van der Waals surface area (Å²) in [5.74, 6) is 2.33. The van der Waals surface area contributed by atoms with Crippen molar-refractivity contribution in [2.24, 2.45) is 0 Å². The zero-order chi connectivity index (χ0) is 14.2. The van der Waals surface area contributed by atoms with Gasteiger partial charge >= 0.3 is 0 Å². The molecule has 0 atom stereocenters. The second kappa shape index (κ2) is 7.81. The molecule has 0 bridgehead atoms. The Morgan fingerprint density at radius 1 is 1.20 bits per heavy atom. The summed E-state index contributed by atoms with van der Waals surface area (Å²) in [4.78, 5) is 8.89. The third-order valence-electron chi connectivity index (χ3n) is 2.62. The Kier molecular flexibility index (Phi) is 5.76. The maximum atomic E-state index is 5.38. The molecule has 2 N–H and O–H groups in total. The van der Waals surface area contributed by atoms with Crippen molar-refractivity contribution in [3.63, 3.8) is 0 Å². The lowest BCUT2D eigenvalue weighted by atomic mass is 10.3. The molecule has 5 nitrogen and oxygen atoms in total. The number of anilines is 2. The summed E-state index contributed by atoms with van der Waals surface area (Å²) in [6.45, 7) is 6.69. The van der Waals surface area contributed by atoms with Crippen LogP contribution in [0.5, 0.6) is 0 Å². The molecule has 0 aliphatic heterocycles. The number of aromatic nitrogens is 2. The summed E-state index contributed by atoms with van der Waals surface area (Å²) in [5, 5.41) is 10.7. The third kappa shape index (κ3) is 4.47. The van der Waals surface area contributed by atoms with Crippen LogP contribution >= 0.6 is 11.3 Å². The normalized spacial score (nSPS) is 10.5. The molecule has 108 valence electrons. The molecule has 0 aliphatic rings. The smallest absolute Gasteiger partial charge is 0.158 e. The number of hydrogen-bond donors (Lipinski definition) is 2. The van der Waals surface area contributed by atoms with Gasteiger partial charge in [0.1, 0.15) is 18.2 Å². The Morgan fingerprint density at radius 2 is 2.00 bits per heavy atom. The van der Waals surface area contributed by atoms with Crippen molar-refractivity contribution in [1.82, 2.24) is 9.97 Å². The minimum Gasteiger partial charge on any atom is -0.374 e. The Balaban J connectivity index is 2.06. The van der Waals surface area contributed by atoms with E-state index in [2.05, 4.69) is 37.4 Å². The van der Waals surface area contributed by atoms with Gasteiger partial charge in [-0.3, -0.25) is 0 Å². The van der Waals surface area contributed by atoms with Crippen molar-refractivity contribution in [2.75, 3.05) is 23.8 Å². The highest BCUT2D eigenvalue weighted by Gasteiger charge is 2.04. The average molecular weight is 292 g/mol. The van der Waals surface area contributed by atoms with E-state index in [9.17, 15) is 0 Å². The molecule has 0 saturated heterocycles. The van der Waals surface area contributed by atoms with E-state index in [1.54, 1.807) is 11.3 Å². The van der Waals surface area contributed by atoms with Crippen molar-refractivity contribution < 1.29 is 4.74 Å². The Labute approximate surface area is 123 Å². The van der Waals surface area contributed by atoms with Crippen LogP contribution in [0, 0.1) is 0 Å². The third-order valence-corrected chi connectivity index (χ3v) is 3.35. The molecule has 0 unspecified atom stereocenters. The van der Waals surface area contributed by atoms with Crippen molar-refractivity contribution >= 4 is 23.0 Å². The van der Waals surface area contributed by atoms with Gasteiger partial charge in [0.15, 0.2) is 5.82 Å². The lowest BCUT2D eigenvalue weighted by molar-refractivity contribution is 0.128. The molecule has 0 radical (unpaired) electrons. The summed E-state index contributed by atoms with van der Waals surface area (Å²) in [5.41, 5.74) is 1.25. The number of nitrogens with one attached hydrogen (secondary N) is 2. The van der Waals surface area contributed by atoms with Crippen LogP contribution < -0.4 is 10.6 Å². The summed E-state index contributed by atoms with van der Waals surface area (Å²) in [6, 6.07) is 4.02. The van der Waals surface area contributed by atoms with Gasteiger partial charge in [-0.05, 0) is 36.2 Å². The van der Waals surface area contributed by atoms with E-state index in [-0.39, 0.29) is 0 Å². The molecule has 0 aliphatic carbocycles. The van der Waals surface area contributed by atoms with Gasteiger partial charge in [-0.2, -0.15) is 11.3 Å². The minimum atomic E-state index is 0.433. The van der Waals surface area contributed by atoms with E-state index in [1.807, 2.05) is 19.9 Å². The van der Waals surface area contributed by atoms with E-state index in [4.69, 9.17) is 4.74 Å². The van der Waals surface area contributed by atoms with Gasteiger partial charge in [0.2, 0.25) is 0 Å². The van der Waals surface area contributed by atoms with Crippen LogP contribution in [0.25, 0.3) is 0 Å². The molecule has 0 amide bonds. The number of hydrogen-bond acceptors (Lipinski definition) is 6. The number of ether oxygens (including phenoxy) is 1. The molecule has 6 heteroatoms. The quantitative estimate of drug-likeness (QED) is 0.783. The molecule has 20 heavy (non-hydrogen) atoms. The first-order valence-corrected chi connectivity index (χ1v) is 7.70. The second-order valence-corrected chi connectivity index (χ2v) is 4.99. The summed E-state index contributed by atoms with van der Waals surface area (Å²) < 4.78 is 5.38. The zero-order valence-electron chi connectivity index (χ0n) is 11.8. The van der Waals surface area contributed by atoms with Crippen LogP contribution in [-0.4, -0.2) is 23.1 Å². The maximum Gasteiger partial charge on any atom is 0.158 e. The molecule has 0 spiro atoms. The molecule has 0 aromatic carbocycles. The average Bonchev–Trinajstić information content (AvgIpc) is 2.96. The number of rotatable bonds is 8. The van der Waals surface area contributed by atoms with Crippen molar-refractivity contribution in [2.45, 2.75) is 27.0 Å². The SMILES string of the molecule is CCNc1cc(NCc2ccsc2)nc(COCC)n1. The highest BCUT2D eigenvalue weighted by Crippen LogP contribution is 2.14. The summed E-state index contributed by atoms with van der Waals surface area (Å²) in [6.07, 6.45) is 0. The summed E-state index contributed by atoms with van der Waals surface area (Å²) >= 11 is 1.70. The van der Waals surface area contributed by atoms with E-state index in [0.717, 1.165) is 24.7 Å². The Morgan fingerprint density at radius 3 is 2.65 bits per heavy atom. The number of thiophene rings is 1. The van der Waals surface area contributed by atoms with Crippen molar-refractivity contribution in [1.29, 1.82) is 0 Å². The lowest BCUT2D eigenvalue weighted by Crippen LogP contribution is -2.09. The topological polar surface area (TPSA) is 59.1 Å². The van der Waals surface area contributed by atoms with Crippen LogP contribution in [0.1, 0.15) is 25.2 Å². The fraction of sp³-hybridized carbons (Fsp3) is 0.429. The van der Waals surface area contributed by atoms with E-state index in [1.165, 1.54) is 5.56 Å². The van der Waals surface area contributed by atoms with Crippen LogP contribution in [0.15, 0.2) is 22.9 Å². The van der Waals surface area contributed by atoms with E-state index in [0.29, 0.717) is 19.0 Å². The van der Waals surface area contributed by atoms with Gasteiger partial charge in [-0.15, -0.1) is 0 Å². The zero-order valence-corrected chi connectivity index (χ0v) is 12.7. The molecular formula is C14H20N4OS. The molecule has 2 heterocycles. The van der Waals surface area contributed by atoms with E-state index >= 15 is 0 Å². The minimum absolute atomic E-state index is 0.433. The van der Waals surface area contributed by atoms with Gasteiger partial charge in [0.05, 0.1) is 0 Å². The molecule has 0 fully saturated rings. The Hall–Kier alpha value is -1.66. The van der Waals surface area contributed by atoms with E-state index < -0.39 is 0 Å². The highest BCUT2D eigenvalue weighted by molar-refractivity contribution is 7.07. The molecule has 2 aromatic heterocycles. The van der Waals surface area contributed by atoms with Gasteiger partial charge in [-0.1, -0.05) is 0 Å². The summed E-state index contributed by atoms with van der Waals surface area (Å²) in [7, 11) is 0. The largest absolute Gasteiger partial charge is 0.374 e. The molecule has 0 saturated carbocycles. The maximum absolute atomic E-state index is 5.38. The van der Waals surface area contributed by atoms with Gasteiger partial charge < -0.3 is 15.4 Å². The van der Waals surface area contributed by atoms with Gasteiger partial charge in [0.25, 0.3) is 0 Å². The molecular weight excluding hydrogens is 272 g/mol. The molecule has 2 rings (SSSR count). The monoisotopic (exact) mass is 292 g/mol. The van der Waals surface area contributed by atoms with Crippen LogP contribution in [0.3, 0.4) is 0 Å². The first-order chi connectivity index (χ1) is 9.81. The van der Waals surface area contributed by atoms with Gasteiger partial charge in [-0.25, -0.2) is 9.97 Å². The number of nitrogens with zero attached hydrogens (tertiary/aromatic N) is 2. The predicted molar refractivity (Wildman–Crippen MR) is 83.2 cm³/mol. The predicted octanol–water partition coefficient (Wildman–Crippen LogP) is 3.12. The molecule has 2 aromatic rings. The highest BCUT2D eigenvalue weighted by atomic mass is 32.1. The van der Waals surface area contributed by atoms with Gasteiger partial charge in [0, 0.05) is 25.8 Å². The second-order valence-electron chi connectivity index (χ2n) is 4.21. The first kappa shape index (κ1) is 14.7. The van der Waals surface area contributed by atoms with Crippen LogP contribution in [0.4, 0.5) is 11.6 Å². The van der Waals surface area contributed by atoms with Crippen molar-refractivity contribution in [3.8, 4) is 0 Å². The Bertz CT molecular complexity index is 516. The van der Waals surface area contributed by atoms with Crippen molar-refractivity contribution in [3.05, 3.63) is 34.3 Å². The fourth-order valence-electron chi connectivity index (χ4n) is 1.70. The van der Waals surface area contributed by atoms with Crippen LogP contribution in [-0.2, 0) is 17.9 Å². The van der Waals surface area contributed by atoms with Crippen LogP contribution in [0.2, 0.25) is 0 Å². The first-order valence-electron chi connectivity index (χ1n) is 6.76. The standard InChI is InChI=1S/C14H20N4OS/c1-3-15-12-7-13(16-8-11-5-6-20-10-11)18-14(17-12)9-19-4-2/h5-7,10H,3-4,8-9H2,1-2H3,(H2,15,16,17,18). The lowest BCUT2D eigenvalue weighted by Gasteiger charge is -2.10.